The summed E-state index contributed by atoms with van der Waals surface area (Å²) in [5, 5.41) is 17.4. The van der Waals surface area contributed by atoms with Crippen LogP contribution in [0.5, 0.6) is 5.75 Å². The van der Waals surface area contributed by atoms with Gasteiger partial charge in [-0.05, 0) is 23.0 Å². The number of amides is 2. The van der Waals surface area contributed by atoms with Crippen LogP contribution in [-0.4, -0.2) is 22.3 Å². The lowest BCUT2D eigenvalue weighted by Crippen LogP contribution is -2.36. The van der Waals surface area contributed by atoms with Crippen LogP contribution in [0.2, 0.25) is 0 Å². The van der Waals surface area contributed by atoms with Gasteiger partial charge in [-0.3, -0.25) is 4.79 Å². The van der Waals surface area contributed by atoms with E-state index in [4.69, 9.17) is 4.52 Å². The quantitative estimate of drug-likeness (QED) is 0.670. The predicted molar refractivity (Wildman–Crippen MR) is 108 cm³/mol. The van der Waals surface area contributed by atoms with Crippen LogP contribution in [0.1, 0.15) is 65.4 Å². The average molecular weight is 403 g/mol. The monoisotopic (exact) mass is 403 g/mol. The van der Waals surface area contributed by atoms with E-state index in [2.05, 4.69) is 15.3 Å². The fourth-order valence-corrected chi connectivity index (χ4v) is 2.78. The molecule has 0 fully saturated rings. The maximum Gasteiger partial charge on any atom is 0.348 e. The van der Waals surface area contributed by atoms with Crippen LogP contribution < -0.4 is 10.8 Å². The van der Waals surface area contributed by atoms with Gasteiger partial charge in [-0.25, -0.2) is 4.79 Å². The van der Waals surface area contributed by atoms with Gasteiger partial charge in [0.2, 0.25) is 0 Å². The molecule has 8 heteroatoms. The molecule has 0 aliphatic heterocycles. The number of hydroxylamine groups is 1. The number of nitrogens with zero attached hydrogens (tertiary/aromatic N) is 1. The summed E-state index contributed by atoms with van der Waals surface area (Å²) in [4.78, 5) is 26.6. The Morgan fingerprint density at radius 3 is 2.10 bits per heavy atom. The van der Waals surface area contributed by atoms with Gasteiger partial charge in [-0.15, -0.1) is 0 Å². The van der Waals surface area contributed by atoms with E-state index >= 15 is 0 Å². The second-order valence-corrected chi connectivity index (χ2v) is 8.98. The van der Waals surface area contributed by atoms with E-state index in [1.807, 2.05) is 59.2 Å². The SMILES string of the molecule is CC(=O)ONC(=O)NCc1cc(-c2cc(C(C)(C)C)c(O)c(C(C)(C)C)c2)no1. The smallest absolute Gasteiger partial charge is 0.348 e. The molecule has 0 spiro atoms. The van der Waals surface area contributed by atoms with Crippen molar-refractivity contribution in [3.05, 3.63) is 35.1 Å². The lowest BCUT2D eigenvalue weighted by Gasteiger charge is -2.28. The second-order valence-electron chi connectivity index (χ2n) is 8.98. The van der Waals surface area contributed by atoms with E-state index in [0.717, 1.165) is 16.7 Å². The molecule has 0 unspecified atom stereocenters. The largest absolute Gasteiger partial charge is 0.507 e. The van der Waals surface area contributed by atoms with Crippen molar-refractivity contribution in [2.45, 2.75) is 65.8 Å². The Balaban J connectivity index is 2.29. The molecule has 29 heavy (non-hydrogen) atoms. The number of phenols is 1. The third-order valence-electron chi connectivity index (χ3n) is 4.29. The number of nitrogens with one attached hydrogen (secondary N) is 2. The molecule has 0 saturated carbocycles. The van der Waals surface area contributed by atoms with Gasteiger partial charge in [0.25, 0.3) is 0 Å². The van der Waals surface area contributed by atoms with Crippen LogP contribution in [0.3, 0.4) is 0 Å². The Morgan fingerprint density at radius 1 is 1.07 bits per heavy atom. The van der Waals surface area contributed by atoms with E-state index in [0.29, 0.717) is 17.2 Å². The molecule has 1 aromatic carbocycles. The molecule has 1 aromatic heterocycles. The highest BCUT2D eigenvalue weighted by Gasteiger charge is 2.27. The Hall–Kier alpha value is -3.03. The number of aromatic hydroxyl groups is 1. The molecule has 0 saturated heterocycles. The van der Waals surface area contributed by atoms with Gasteiger partial charge in [0, 0.05) is 29.7 Å². The highest BCUT2D eigenvalue weighted by atomic mass is 16.7. The molecule has 2 aromatic rings. The first-order valence-corrected chi connectivity index (χ1v) is 9.34. The molecule has 0 aliphatic carbocycles. The Labute approximate surface area is 170 Å². The molecule has 3 N–H and O–H groups in total. The summed E-state index contributed by atoms with van der Waals surface area (Å²) < 4.78 is 5.31. The van der Waals surface area contributed by atoms with Gasteiger partial charge < -0.3 is 19.8 Å². The van der Waals surface area contributed by atoms with Gasteiger partial charge in [0.15, 0.2) is 5.76 Å². The van der Waals surface area contributed by atoms with Crippen LogP contribution in [-0.2, 0) is 27.0 Å². The number of rotatable bonds is 3. The number of urea groups is 1. The molecule has 1 heterocycles. The molecule has 2 rings (SSSR count). The molecule has 2 amide bonds. The summed E-state index contributed by atoms with van der Waals surface area (Å²) in [6.45, 7) is 13.5. The van der Waals surface area contributed by atoms with Crippen LogP contribution in [0.25, 0.3) is 11.3 Å². The van der Waals surface area contributed by atoms with Crippen molar-refractivity contribution in [3.8, 4) is 17.0 Å². The van der Waals surface area contributed by atoms with Crippen LogP contribution >= 0.6 is 0 Å². The number of hydrogen-bond donors (Lipinski definition) is 3. The first kappa shape index (κ1) is 22.3. The Kier molecular flexibility index (Phi) is 6.25. The second kappa shape index (κ2) is 8.14. The number of benzene rings is 1. The van der Waals surface area contributed by atoms with Crippen LogP contribution in [0.15, 0.2) is 22.7 Å². The molecule has 0 atom stereocenters. The van der Waals surface area contributed by atoms with E-state index < -0.39 is 12.0 Å². The average Bonchev–Trinajstić information content (AvgIpc) is 3.05. The lowest BCUT2D eigenvalue weighted by atomic mass is 9.78. The van der Waals surface area contributed by atoms with Crippen LogP contribution in [0.4, 0.5) is 4.79 Å². The summed E-state index contributed by atoms with van der Waals surface area (Å²) in [6.07, 6.45) is 0. The third kappa shape index (κ3) is 5.73. The molecule has 0 aliphatic rings. The molecule has 158 valence electrons. The maximum absolute atomic E-state index is 11.6. The van der Waals surface area contributed by atoms with E-state index in [1.165, 1.54) is 6.92 Å². The van der Waals surface area contributed by atoms with Crippen molar-refractivity contribution in [2.24, 2.45) is 0 Å². The fourth-order valence-electron chi connectivity index (χ4n) is 2.78. The minimum Gasteiger partial charge on any atom is -0.507 e. The predicted octanol–water partition coefficient (Wildman–Crippen LogP) is 3.92. The van der Waals surface area contributed by atoms with Crippen molar-refractivity contribution >= 4 is 12.0 Å². The summed E-state index contributed by atoms with van der Waals surface area (Å²) in [5.74, 6) is 0.0979. The summed E-state index contributed by atoms with van der Waals surface area (Å²) in [5.41, 5.74) is 4.49. The zero-order valence-electron chi connectivity index (χ0n) is 18.0. The number of hydrogen-bond acceptors (Lipinski definition) is 6. The first-order valence-electron chi connectivity index (χ1n) is 9.34. The highest BCUT2D eigenvalue weighted by molar-refractivity contribution is 5.75. The number of carbonyl (C=O) groups is 2. The van der Waals surface area contributed by atoms with Crippen molar-refractivity contribution < 1.29 is 24.1 Å². The van der Waals surface area contributed by atoms with E-state index in [-0.39, 0.29) is 17.4 Å². The fraction of sp³-hybridized carbons (Fsp3) is 0.476. The summed E-state index contributed by atoms with van der Waals surface area (Å²) in [7, 11) is 0. The van der Waals surface area contributed by atoms with Gasteiger partial charge in [-0.2, -0.15) is 5.48 Å². The normalized spacial score (nSPS) is 11.8. The molecular weight excluding hydrogens is 374 g/mol. The Morgan fingerprint density at radius 2 is 1.62 bits per heavy atom. The summed E-state index contributed by atoms with van der Waals surface area (Å²) in [6, 6.07) is 4.87. The van der Waals surface area contributed by atoms with Crippen molar-refractivity contribution in [2.75, 3.05) is 0 Å². The molecular formula is C21H29N3O5. The molecule has 0 radical (unpaired) electrons. The van der Waals surface area contributed by atoms with Crippen LogP contribution in [0, 0.1) is 0 Å². The topological polar surface area (TPSA) is 114 Å². The van der Waals surface area contributed by atoms with Crippen molar-refractivity contribution in [3.63, 3.8) is 0 Å². The lowest BCUT2D eigenvalue weighted by molar-refractivity contribution is -0.145. The molecule has 8 nitrogen and oxygen atoms in total. The van der Waals surface area contributed by atoms with Crippen molar-refractivity contribution in [1.82, 2.24) is 16.0 Å². The number of phenolic OH excluding ortho intramolecular Hbond substituents is 1. The zero-order chi connectivity index (χ0) is 22.0. The third-order valence-corrected chi connectivity index (χ3v) is 4.29. The van der Waals surface area contributed by atoms with Crippen molar-refractivity contribution in [1.29, 1.82) is 0 Å². The Bertz CT molecular complexity index is 869. The minimum absolute atomic E-state index is 0.0659. The van der Waals surface area contributed by atoms with Gasteiger partial charge in [-0.1, -0.05) is 46.7 Å². The van der Waals surface area contributed by atoms with Gasteiger partial charge >= 0.3 is 12.0 Å². The van der Waals surface area contributed by atoms with Gasteiger partial charge in [0.1, 0.15) is 11.4 Å². The zero-order valence-corrected chi connectivity index (χ0v) is 18.0. The number of aromatic nitrogens is 1. The summed E-state index contributed by atoms with van der Waals surface area (Å²) >= 11 is 0. The van der Waals surface area contributed by atoms with Gasteiger partial charge in [0.05, 0.1) is 6.54 Å². The van der Waals surface area contributed by atoms with E-state index in [9.17, 15) is 14.7 Å². The number of carbonyl (C=O) groups excluding carboxylic acids is 2. The highest BCUT2D eigenvalue weighted by Crippen LogP contribution is 2.41. The minimum atomic E-state index is -0.673. The molecule has 0 bridgehead atoms. The maximum atomic E-state index is 11.6. The first-order chi connectivity index (χ1) is 13.3. The van der Waals surface area contributed by atoms with E-state index in [1.54, 1.807) is 6.07 Å². The standard InChI is InChI=1S/C21H29N3O5/c1-12(25)28-24-19(27)22-11-14-10-17(23-29-14)13-8-15(20(2,3)4)18(26)16(9-13)21(5,6)7/h8-10,26H,11H2,1-7H3,(H2,22,24,27).